The van der Waals surface area contributed by atoms with Crippen molar-refractivity contribution in [1.82, 2.24) is 19.5 Å². The van der Waals surface area contributed by atoms with E-state index in [4.69, 9.17) is 30.9 Å². The maximum absolute atomic E-state index is 14.5. The van der Waals surface area contributed by atoms with Crippen LogP contribution in [-0.4, -0.2) is 50.1 Å². The number of H-pyrrole nitrogens is 1. The van der Waals surface area contributed by atoms with Crippen molar-refractivity contribution in [2.45, 2.75) is 20.5 Å². The van der Waals surface area contributed by atoms with Crippen LogP contribution in [0.4, 0.5) is 8.78 Å². The van der Waals surface area contributed by atoms with Crippen LogP contribution in [0, 0.1) is 18.6 Å². The number of halogens is 3. The number of carbonyl (C=O) groups is 2. The number of nitrogens with zero attached hydrogens (tertiary/aromatic N) is 3. The Hall–Kier alpha value is -4.52. The molecule has 0 aliphatic carbocycles. The summed E-state index contributed by atoms with van der Waals surface area (Å²) < 4.78 is 45.4. The molecule has 11 nitrogen and oxygen atoms in total. The Morgan fingerprint density at radius 2 is 1.84 bits per heavy atom. The first-order chi connectivity index (χ1) is 18.0. The molecule has 4 rings (SSSR count). The topological polar surface area (TPSA) is 146 Å². The van der Waals surface area contributed by atoms with E-state index >= 15 is 0 Å². The van der Waals surface area contributed by atoms with Crippen LogP contribution in [0.25, 0.3) is 16.9 Å². The van der Waals surface area contributed by atoms with Gasteiger partial charge in [-0.3, -0.25) is 4.79 Å². The molecule has 0 saturated heterocycles. The van der Waals surface area contributed by atoms with Gasteiger partial charge in [-0.2, -0.15) is 0 Å². The third-order valence-electron chi connectivity index (χ3n) is 5.33. The highest BCUT2D eigenvalue weighted by Crippen LogP contribution is 2.37. The number of ether oxygens (including phenoxy) is 3. The number of aliphatic carboxylic acids is 1. The summed E-state index contributed by atoms with van der Waals surface area (Å²) in [6.07, 6.45) is 0. The van der Waals surface area contributed by atoms with Crippen molar-refractivity contribution in [3.8, 4) is 22.9 Å². The van der Waals surface area contributed by atoms with E-state index in [0.29, 0.717) is 0 Å². The van der Waals surface area contributed by atoms with Crippen molar-refractivity contribution in [1.29, 1.82) is 0 Å². The van der Waals surface area contributed by atoms with Gasteiger partial charge in [0.25, 0.3) is 0 Å². The Kier molecular flexibility index (Phi) is 7.30. The lowest BCUT2D eigenvalue weighted by atomic mass is 10.2. The standard InChI is InChI=1S/C24H19ClF2N4O7/c1-10(32)21-22-23(29-11(2)28-21)31(24(35)30-22)15-7-18(17(6-13(15)25)38-9-19(33)34)37-8-12-16(36-3)5-4-14(26)20(12)27/h4-7H,8-9H2,1-3H3,(H,30,35)(H,33,34). The van der Waals surface area contributed by atoms with Gasteiger partial charge in [-0.25, -0.2) is 32.9 Å². The summed E-state index contributed by atoms with van der Waals surface area (Å²) in [6, 6.07) is 4.54. The first kappa shape index (κ1) is 26.5. The van der Waals surface area contributed by atoms with Crippen LogP contribution < -0.4 is 19.9 Å². The number of benzene rings is 2. The molecule has 2 N–H and O–H groups in total. The Morgan fingerprint density at radius 3 is 2.50 bits per heavy atom. The zero-order valence-electron chi connectivity index (χ0n) is 20.1. The van der Waals surface area contributed by atoms with Gasteiger partial charge in [0.2, 0.25) is 0 Å². The van der Waals surface area contributed by atoms with Crippen molar-refractivity contribution in [2.24, 2.45) is 0 Å². The summed E-state index contributed by atoms with van der Waals surface area (Å²) in [7, 11) is 1.26. The average Bonchev–Trinajstić information content (AvgIpc) is 3.18. The van der Waals surface area contributed by atoms with Gasteiger partial charge in [0, 0.05) is 19.1 Å². The maximum atomic E-state index is 14.5. The van der Waals surface area contributed by atoms with Crippen LogP contribution in [0.2, 0.25) is 5.02 Å². The largest absolute Gasteiger partial charge is 0.496 e. The summed E-state index contributed by atoms with van der Waals surface area (Å²) in [5, 5.41) is 8.96. The van der Waals surface area contributed by atoms with Crippen LogP contribution in [0.3, 0.4) is 0 Å². The zero-order valence-corrected chi connectivity index (χ0v) is 20.9. The van der Waals surface area contributed by atoms with Crippen LogP contribution in [0.15, 0.2) is 29.1 Å². The Labute approximate surface area is 217 Å². The van der Waals surface area contributed by atoms with E-state index < -0.39 is 42.3 Å². The van der Waals surface area contributed by atoms with E-state index in [2.05, 4.69) is 15.0 Å². The first-order valence-electron chi connectivity index (χ1n) is 10.8. The number of Topliss-reactive ketones (excluding diaryl/α,β-unsaturated/α-hetero) is 1. The molecule has 0 radical (unpaired) electrons. The normalized spacial score (nSPS) is 11.0. The molecule has 14 heteroatoms. The summed E-state index contributed by atoms with van der Waals surface area (Å²) in [4.78, 5) is 47.0. The summed E-state index contributed by atoms with van der Waals surface area (Å²) >= 11 is 6.44. The molecule has 0 aliphatic rings. The molecule has 198 valence electrons. The van der Waals surface area contributed by atoms with E-state index in [0.717, 1.165) is 10.6 Å². The van der Waals surface area contributed by atoms with E-state index in [9.17, 15) is 23.2 Å². The van der Waals surface area contributed by atoms with Crippen molar-refractivity contribution < 1.29 is 37.7 Å². The summed E-state index contributed by atoms with van der Waals surface area (Å²) in [5.41, 5.74) is -0.855. The smallest absolute Gasteiger partial charge is 0.341 e. The van der Waals surface area contributed by atoms with Gasteiger partial charge in [0.15, 0.2) is 41.2 Å². The Balaban J connectivity index is 1.87. The molecule has 0 fully saturated rings. The average molecular weight is 549 g/mol. The van der Waals surface area contributed by atoms with Crippen molar-refractivity contribution in [3.05, 3.63) is 68.5 Å². The zero-order chi connectivity index (χ0) is 27.7. The molecule has 0 bridgehead atoms. The molecule has 4 aromatic rings. The van der Waals surface area contributed by atoms with Crippen molar-refractivity contribution >= 4 is 34.5 Å². The number of carboxylic acid groups (broad SMARTS) is 1. The third-order valence-corrected chi connectivity index (χ3v) is 5.64. The highest BCUT2D eigenvalue weighted by molar-refractivity contribution is 6.32. The van der Waals surface area contributed by atoms with Crippen LogP contribution >= 0.6 is 11.6 Å². The molecule has 0 unspecified atom stereocenters. The fourth-order valence-corrected chi connectivity index (χ4v) is 3.92. The second kappa shape index (κ2) is 10.5. The summed E-state index contributed by atoms with van der Waals surface area (Å²) in [6.45, 7) is 1.48. The van der Waals surface area contributed by atoms with Gasteiger partial charge in [-0.05, 0) is 19.1 Å². The number of aromatic nitrogens is 4. The number of carbonyl (C=O) groups excluding carboxylic acids is 1. The maximum Gasteiger partial charge on any atom is 0.341 e. The van der Waals surface area contributed by atoms with Gasteiger partial charge in [0.1, 0.15) is 29.4 Å². The lowest BCUT2D eigenvalue weighted by Crippen LogP contribution is -2.16. The number of hydrogen-bond donors (Lipinski definition) is 2. The van der Waals surface area contributed by atoms with Gasteiger partial charge in [-0.1, -0.05) is 11.6 Å². The predicted octanol–water partition coefficient (Wildman–Crippen LogP) is 3.60. The number of imidazole rings is 1. The van der Waals surface area contributed by atoms with Gasteiger partial charge >= 0.3 is 11.7 Å². The van der Waals surface area contributed by atoms with Crippen LogP contribution in [0.5, 0.6) is 17.2 Å². The summed E-state index contributed by atoms with van der Waals surface area (Å²) in [5.74, 6) is -4.15. The minimum Gasteiger partial charge on any atom is -0.496 e. The SMILES string of the molecule is COc1ccc(F)c(F)c1COc1cc(-n2c(=O)[nH]c3c(C(C)=O)nc(C)nc32)c(Cl)cc1OCC(=O)O. The van der Waals surface area contributed by atoms with Crippen molar-refractivity contribution in [2.75, 3.05) is 13.7 Å². The number of aromatic amines is 1. The Morgan fingerprint density at radius 1 is 1.13 bits per heavy atom. The quantitative estimate of drug-likeness (QED) is 0.299. The van der Waals surface area contributed by atoms with Gasteiger partial charge in [0.05, 0.1) is 23.4 Å². The molecule has 0 saturated carbocycles. The highest BCUT2D eigenvalue weighted by Gasteiger charge is 2.23. The van der Waals surface area contributed by atoms with Gasteiger partial charge < -0.3 is 24.3 Å². The monoisotopic (exact) mass is 548 g/mol. The molecule has 0 amide bonds. The lowest BCUT2D eigenvalue weighted by molar-refractivity contribution is -0.139. The highest BCUT2D eigenvalue weighted by atomic mass is 35.5. The molecule has 2 aromatic heterocycles. The van der Waals surface area contributed by atoms with E-state index in [1.807, 2.05) is 0 Å². The number of rotatable bonds is 9. The van der Waals surface area contributed by atoms with E-state index in [1.54, 1.807) is 0 Å². The molecule has 0 atom stereocenters. The second-order valence-electron chi connectivity index (χ2n) is 7.90. The van der Waals surface area contributed by atoms with Gasteiger partial charge in [-0.15, -0.1) is 0 Å². The van der Waals surface area contributed by atoms with Crippen molar-refractivity contribution in [3.63, 3.8) is 0 Å². The van der Waals surface area contributed by atoms with E-state index in [1.165, 1.54) is 39.2 Å². The molecule has 0 spiro atoms. The molecule has 2 heterocycles. The minimum absolute atomic E-state index is 0.00266. The number of methoxy groups -OCH3 is 1. The molecule has 0 aliphatic heterocycles. The third kappa shape index (κ3) is 5.00. The molecular formula is C24H19ClF2N4O7. The Bertz CT molecular complexity index is 1650. The van der Waals surface area contributed by atoms with Crippen LogP contribution in [-0.2, 0) is 11.4 Å². The molecule has 2 aromatic carbocycles. The minimum atomic E-state index is -1.30. The number of aryl methyl sites for hydroxylation is 1. The number of hydrogen-bond acceptors (Lipinski definition) is 8. The lowest BCUT2D eigenvalue weighted by Gasteiger charge is -2.16. The van der Waals surface area contributed by atoms with E-state index in [-0.39, 0.29) is 56.2 Å². The van der Waals surface area contributed by atoms with Crippen LogP contribution in [0.1, 0.15) is 28.8 Å². The number of nitrogens with one attached hydrogen (secondary N) is 1. The predicted molar refractivity (Wildman–Crippen MR) is 130 cm³/mol. The first-order valence-corrected chi connectivity index (χ1v) is 11.2. The molecule has 38 heavy (non-hydrogen) atoms. The fourth-order valence-electron chi connectivity index (χ4n) is 3.68. The fraction of sp³-hybridized carbons (Fsp3) is 0.208. The second-order valence-corrected chi connectivity index (χ2v) is 8.31. The number of ketones is 1. The number of fused-ring (bicyclic) bond motifs is 1. The number of carboxylic acids is 1. The molecular weight excluding hydrogens is 530 g/mol.